The minimum atomic E-state index is -0.441. The van der Waals surface area contributed by atoms with Crippen LogP contribution in [-0.4, -0.2) is 88.1 Å². The van der Waals surface area contributed by atoms with Crippen LogP contribution in [0.5, 0.6) is 0 Å². The Kier molecular flexibility index (Phi) is 14.8. The van der Waals surface area contributed by atoms with Gasteiger partial charge in [-0.25, -0.2) is 4.79 Å². The molecule has 1 spiro atoms. The number of hydrogen-bond donors (Lipinski definition) is 2. The van der Waals surface area contributed by atoms with E-state index < -0.39 is 5.79 Å². The van der Waals surface area contributed by atoms with Crippen LogP contribution < -0.4 is 10.6 Å². The topological polar surface area (TPSA) is 83.1 Å². The summed E-state index contributed by atoms with van der Waals surface area (Å²) < 4.78 is 11.8. The Morgan fingerprint density at radius 1 is 1.12 bits per heavy atom. The maximum Gasteiger partial charge on any atom is 0.324 e. The number of carbonyl (C=O) groups excluding carboxylic acids is 2. The van der Waals surface area contributed by atoms with Gasteiger partial charge < -0.3 is 25.0 Å². The molecule has 0 aromatic heterocycles. The number of carbonyl (C=O) groups is 2. The Bertz CT molecular complexity index is 553. The van der Waals surface area contributed by atoms with E-state index in [4.69, 9.17) is 9.47 Å². The number of nitrogens with zero attached hydrogens (tertiary/aromatic N) is 2. The zero-order valence-corrected chi connectivity index (χ0v) is 22.1. The third-order valence-corrected chi connectivity index (χ3v) is 6.27. The van der Waals surface area contributed by atoms with E-state index in [1.807, 2.05) is 41.9 Å². The Hall–Kier alpha value is -1.22. The first-order valence-electron chi connectivity index (χ1n) is 13.1. The highest BCUT2D eigenvalue weighted by atomic mass is 16.7. The van der Waals surface area contributed by atoms with Crippen molar-refractivity contribution in [3.05, 3.63) is 0 Å². The van der Waals surface area contributed by atoms with E-state index in [2.05, 4.69) is 15.5 Å². The highest BCUT2D eigenvalue weighted by Gasteiger charge is 2.42. The van der Waals surface area contributed by atoms with Crippen molar-refractivity contribution < 1.29 is 19.1 Å². The lowest BCUT2D eigenvalue weighted by Gasteiger charge is -2.37. The van der Waals surface area contributed by atoms with Crippen molar-refractivity contribution in [3.8, 4) is 0 Å². The van der Waals surface area contributed by atoms with E-state index in [1.165, 1.54) is 4.90 Å². The van der Waals surface area contributed by atoms with Gasteiger partial charge in [0.1, 0.15) is 0 Å². The molecule has 2 atom stereocenters. The van der Waals surface area contributed by atoms with Crippen LogP contribution in [0.15, 0.2) is 0 Å². The van der Waals surface area contributed by atoms with Crippen molar-refractivity contribution in [2.75, 3.05) is 60.5 Å². The van der Waals surface area contributed by atoms with Crippen LogP contribution in [0.1, 0.15) is 72.1 Å². The molecule has 2 aliphatic rings. The number of hydrogen-bond acceptors (Lipinski definition) is 6. The highest BCUT2D eigenvalue weighted by molar-refractivity contribution is 5.95. The van der Waals surface area contributed by atoms with E-state index >= 15 is 0 Å². The van der Waals surface area contributed by atoms with Crippen molar-refractivity contribution in [3.63, 3.8) is 0 Å². The summed E-state index contributed by atoms with van der Waals surface area (Å²) >= 11 is 0. The van der Waals surface area contributed by atoms with E-state index in [9.17, 15) is 9.59 Å². The van der Waals surface area contributed by atoms with Gasteiger partial charge in [-0.1, -0.05) is 27.2 Å². The molecule has 2 unspecified atom stereocenters. The molecule has 0 bridgehead atoms. The van der Waals surface area contributed by atoms with Gasteiger partial charge in [0.2, 0.25) is 5.91 Å². The average Bonchev–Trinajstić information content (AvgIpc) is 3.24. The quantitative estimate of drug-likeness (QED) is 0.425. The van der Waals surface area contributed by atoms with Gasteiger partial charge in [-0.3, -0.25) is 9.69 Å². The zero-order valence-electron chi connectivity index (χ0n) is 22.1. The smallest absolute Gasteiger partial charge is 0.324 e. The predicted molar refractivity (Wildman–Crippen MR) is 133 cm³/mol. The normalized spacial score (nSPS) is 20.3. The lowest BCUT2D eigenvalue weighted by Crippen LogP contribution is -2.49. The molecule has 2 fully saturated rings. The third-order valence-electron chi connectivity index (χ3n) is 6.27. The van der Waals surface area contributed by atoms with Crippen molar-refractivity contribution >= 4 is 11.9 Å². The monoisotopic (exact) mass is 470 g/mol. The molecule has 2 rings (SSSR count). The van der Waals surface area contributed by atoms with Gasteiger partial charge in [-0.05, 0) is 65.7 Å². The van der Waals surface area contributed by atoms with Gasteiger partial charge in [-0.15, -0.1) is 0 Å². The van der Waals surface area contributed by atoms with Crippen LogP contribution in [0, 0.1) is 11.8 Å². The molecule has 0 aromatic carbocycles. The fraction of sp³-hybridized carbons (Fsp3) is 0.920. The summed E-state index contributed by atoms with van der Waals surface area (Å²) in [6.45, 7) is 9.92. The van der Waals surface area contributed by atoms with E-state index in [1.54, 1.807) is 0 Å². The Morgan fingerprint density at radius 3 is 2.42 bits per heavy atom. The SMILES string of the molecule is CC.CCCN(C(=O)NCCCCN(C)C)C(=O)C(CNC)CC1CCCC2(C1)OCCO2. The largest absolute Gasteiger partial charge is 0.348 e. The molecule has 1 aliphatic carbocycles. The van der Waals surface area contributed by atoms with Crippen molar-refractivity contribution in [2.24, 2.45) is 11.8 Å². The molecule has 1 aliphatic heterocycles. The van der Waals surface area contributed by atoms with Gasteiger partial charge in [0, 0.05) is 32.5 Å². The van der Waals surface area contributed by atoms with Gasteiger partial charge in [0.15, 0.2) is 5.79 Å². The summed E-state index contributed by atoms with van der Waals surface area (Å²) in [5.41, 5.74) is 0. The molecule has 33 heavy (non-hydrogen) atoms. The van der Waals surface area contributed by atoms with E-state index in [-0.39, 0.29) is 17.9 Å². The predicted octanol–water partition coefficient (Wildman–Crippen LogP) is 3.46. The first-order valence-corrected chi connectivity index (χ1v) is 13.1. The van der Waals surface area contributed by atoms with Gasteiger partial charge >= 0.3 is 6.03 Å². The maximum absolute atomic E-state index is 13.4. The van der Waals surface area contributed by atoms with E-state index in [0.717, 1.165) is 57.9 Å². The summed E-state index contributed by atoms with van der Waals surface area (Å²) in [4.78, 5) is 29.7. The fourth-order valence-electron chi connectivity index (χ4n) is 4.78. The summed E-state index contributed by atoms with van der Waals surface area (Å²) in [6.07, 6.45) is 7.33. The number of rotatable bonds is 12. The summed E-state index contributed by atoms with van der Waals surface area (Å²) in [5, 5.41) is 6.11. The molecule has 1 saturated heterocycles. The van der Waals surface area contributed by atoms with E-state index in [0.29, 0.717) is 38.8 Å². The van der Waals surface area contributed by atoms with Crippen LogP contribution in [0.4, 0.5) is 4.79 Å². The Morgan fingerprint density at radius 2 is 1.82 bits per heavy atom. The second kappa shape index (κ2) is 16.4. The molecular formula is C25H50N4O4. The molecule has 3 amide bonds. The summed E-state index contributed by atoms with van der Waals surface area (Å²) in [6, 6.07) is -0.264. The standard InChI is InChI=1S/C23H44N4O4.C2H6/c1-5-12-27(22(29)25-11-6-7-13-26(3)4)21(28)20(18-24-2)16-19-9-8-10-23(17-19)30-14-15-31-23;1-2/h19-20,24H,5-18H2,1-4H3,(H,25,29);1-2H3. The molecule has 194 valence electrons. The highest BCUT2D eigenvalue weighted by Crippen LogP contribution is 2.41. The molecule has 0 radical (unpaired) electrons. The first-order chi connectivity index (χ1) is 15.9. The number of unbranched alkanes of at least 4 members (excludes halogenated alkanes) is 1. The van der Waals surface area contributed by atoms with Crippen LogP contribution >= 0.6 is 0 Å². The minimum Gasteiger partial charge on any atom is -0.348 e. The van der Waals surface area contributed by atoms with Crippen molar-refractivity contribution in [1.82, 2.24) is 20.4 Å². The molecule has 1 saturated carbocycles. The molecule has 8 heteroatoms. The van der Waals surface area contributed by atoms with Gasteiger partial charge in [0.25, 0.3) is 0 Å². The lowest BCUT2D eigenvalue weighted by atomic mass is 9.79. The second-order valence-corrected chi connectivity index (χ2v) is 9.29. The van der Waals surface area contributed by atoms with Gasteiger partial charge in [0.05, 0.1) is 19.1 Å². The molecular weight excluding hydrogens is 420 g/mol. The minimum absolute atomic E-state index is 0.0742. The fourth-order valence-corrected chi connectivity index (χ4v) is 4.78. The van der Waals surface area contributed by atoms with Crippen molar-refractivity contribution in [2.45, 2.75) is 77.9 Å². The molecule has 1 heterocycles. The summed E-state index contributed by atoms with van der Waals surface area (Å²) in [5.74, 6) is -0.373. The van der Waals surface area contributed by atoms with Crippen LogP contribution in [0.25, 0.3) is 0 Å². The summed E-state index contributed by atoms with van der Waals surface area (Å²) in [7, 11) is 5.95. The van der Waals surface area contributed by atoms with Crippen LogP contribution in [-0.2, 0) is 14.3 Å². The van der Waals surface area contributed by atoms with Crippen molar-refractivity contribution in [1.29, 1.82) is 0 Å². The number of imide groups is 1. The zero-order chi connectivity index (χ0) is 24.7. The number of ether oxygens (including phenoxy) is 2. The molecule has 8 nitrogen and oxygen atoms in total. The third kappa shape index (κ3) is 10.3. The lowest BCUT2D eigenvalue weighted by molar-refractivity contribution is -0.188. The van der Waals surface area contributed by atoms with Crippen LogP contribution in [0.3, 0.4) is 0 Å². The molecule has 0 aromatic rings. The maximum atomic E-state index is 13.4. The molecule has 2 N–H and O–H groups in total. The Balaban J connectivity index is 0.00000265. The number of amides is 3. The Labute approximate surface area is 202 Å². The van der Waals surface area contributed by atoms with Gasteiger partial charge in [-0.2, -0.15) is 0 Å². The van der Waals surface area contributed by atoms with Crippen LogP contribution in [0.2, 0.25) is 0 Å². The number of nitrogens with one attached hydrogen (secondary N) is 2. The average molecular weight is 471 g/mol. The second-order valence-electron chi connectivity index (χ2n) is 9.29. The number of urea groups is 1. The first kappa shape index (κ1) is 29.8.